The molecule has 0 radical (unpaired) electrons. The highest BCUT2D eigenvalue weighted by atomic mass is 19.1. The average molecular weight is 411 g/mol. The van der Waals surface area contributed by atoms with E-state index in [0.717, 1.165) is 12.0 Å². The minimum absolute atomic E-state index is 0.0371. The highest BCUT2D eigenvalue weighted by Crippen LogP contribution is 2.28. The standard InChI is InChI=1S/C21H22FN5O3/c22-18-5-1-15(2-6-18)17-9-10-26(11-17)21(29)16-3-7-20(8-4-16)30-13-19(28)12-27-14-23-24-25-27/h1-8,14,17,19,28H,9-13H2/t17-,19-/m0/s1. The number of nitrogens with zero attached hydrogens (tertiary/aromatic N) is 5. The van der Waals surface area contributed by atoms with E-state index in [-0.39, 0.29) is 30.8 Å². The van der Waals surface area contributed by atoms with Crippen LogP contribution in [0.5, 0.6) is 5.75 Å². The third-order valence-corrected chi connectivity index (χ3v) is 5.15. The summed E-state index contributed by atoms with van der Waals surface area (Å²) in [5.74, 6) is 0.492. The second-order valence-electron chi connectivity index (χ2n) is 7.31. The van der Waals surface area contributed by atoms with E-state index in [1.807, 2.05) is 4.90 Å². The number of benzene rings is 2. The Labute approximate surface area is 172 Å². The summed E-state index contributed by atoms with van der Waals surface area (Å²) in [6, 6.07) is 13.3. The van der Waals surface area contributed by atoms with Crippen molar-refractivity contribution in [2.24, 2.45) is 0 Å². The molecular weight excluding hydrogens is 389 g/mol. The molecule has 1 fully saturated rings. The van der Waals surface area contributed by atoms with Crippen molar-refractivity contribution in [3.05, 3.63) is 71.8 Å². The smallest absolute Gasteiger partial charge is 0.253 e. The quantitative estimate of drug-likeness (QED) is 0.638. The lowest BCUT2D eigenvalue weighted by atomic mass is 9.99. The SMILES string of the molecule is O=C(c1ccc(OC[C@@H](O)Cn2cnnn2)cc1)N1CC[C@H](c2ccc(F)cc2)C1. The number of tetrazole rings is 1. The number of ether oxygens (including phenoxy) is 1. The first-order valence-electron chi connectivity index (χ1n) is 9.75. The molecule has 2 aromatic carbocycles. The van der Waals surface area contributed by atoms with Crippen molar-refractivity contribution in [1.82, 2.24) is 25.1 Å². The Balaban J connectivity index is 1.29. The first kappa shape index (κ1) is 20.0. The summed E-state index contributed by atoms with van der Waals surface area (Å²) in [5, 5.41) is 20.7. The Bertz CT molecular complexity index is 963. The number of aliphatic hydroxyl groups excluding tert-OH is 1. The van der Waals surface area contributed by atoms with Crippen LogP contribution in [0.1, 0.15) is 28.3 Å². The van der Waals surface area contributed by atoms with Crippen molar-refractivity contribution < 1.29 is 19.0 Å². The number of carbonyl (C=O) groups excluding carboxylic acids is 1. The molecule has 2 atom stereocenters. The van der Waals surface area contributed by atoms with Gasteiger partial charge in [0.25, 0.3) is 5.91 Å². The van der Waals surface area contributed by atoms with E-state index in [9.17, 15) is 14.3 Å². The fourth-order valence-corrected chi connectivity index (χ4v) is 3.55. The molecule has 1 amide bonds. The summed E-state index contributed by atoms with van der Waals surface area (Å²) < 4.78 is 20.1. The molecule has 2 heterocycles. The first-order valence-corrected chi connectivity index (χ1v) is 9.75. The lowest BCUT2D eigenvalue weighted by molar-refractivity contribution is 0.0789. The second kappa shape index (κ2) is 9.00. The molecule has 9 heteroatoms. The Morgan fingerprint density at radius 1 is 1.20 bits per heavy atom. The molecule has 8 nitrogen and oxygen atoms in total. The van der Waals surface area contributed by atoms with E-state index >= 15 is 0 Å². The number of halogens is 1. The number of hydrogen-bond acceptors (Lipinski definition) is 6. The monoisotopic (exact) mass is 411 g/mol. The molecular formula is C21H22FN5O3. The van der Waals surface area contributed by atoms with Crippen molar-refractivity contribution in [3.63, 3.8) is 0 Å². The summed E-state index contributed by atoms with van der Waals surface area (Å²) in [4.78, 5) is 14.6. The molecule has 3 aromatic rings. The molecule has 156 valence electrons. The summed E-state index contributed by atoms with van der Waals surface area (Å²) in [7, 11) is 0. The normalized spacial score (nSPS) is 17.1. The lowest BCUT2D eigenvalue weighted by Crippen LogP contribution is -2.28. The molecule has 1 aliphatic rings. The van der Waals surface area contributed by atoms with E-state index in [4.69, 9.17) is 4.74 Å². The van der Waals surface area contributed by atoms with Gasteiger partial charge in [-0.3, -0.25) is 4.79 Å². The number of rotatable bonds is 7. The predicted molar refractivity (Wildman–Crippen MR) is 105 cm³/mol. The van der Waals surface area contributed by atoms with Crippen LogP contribution in [0.3, 0.4) is 0 Å². The van der Waals surface area contributed by atoms with Gasteiger partial charge in [-0.05, 0) is 58.8 Å². The molecule has 1 N–H and O–H groups in total. The Kier molecular flexibility index (Phi) is 5.99. The summed E-state index contributed by atoms with van der Waals surface area (Å²) in [5.41, 5.74) is 1.63. The van der Waals surface area contributed by atoms with Crippen molar-refractivity contribution >= 4 is 5.91 Å². The lowest BCUT2D eigenvalue weighted by Gasteiger charge is -2.17. The van der Waals surface area contributed by atoms with Crippen molar-refractivity contribution in [3.8, 4) is 5.75 Å². The van der Waals surface area contributed by atoms with Crippen LogP contribution in [-0.4, -0.2) is 61.9 Å². The van der Waals surface area contributed by atoms with E-state index in [2.05, 4.69) is 15.5 Å². The van der Waals surface area contributed by atoms with Crippen LogP contribution in [-0.2, 0) is 6.54 Å². The van der Waals surface area contributed by atoms with E-state index < -0.39 is 6.10 Å². The van der Waals surface area contributed by atoms with E-state index in [1.54, 1.807) is 36.4 Å². The fraction of sp³-hybridized carbons (Fsp3) is 0.333. The number of aliphatic hydroxyl groups is 1. The van der Waals surface area contributed by atoms with Crippen LogP contribution in [0.4, 0.5) is 4.39 Å². The maximum Gasteiger partial charge on any atom is 0.253 e. The van der Waals surface area contributed by atoms with Gasteiger partial charge in [-0.25, -0.2) is 9.07 Å². The third kappa shape index (κ3) is 4.80. The van der Waals surface area contributed by atoms with Gasteiger partial charge in [-0.1, -0.05) is 12.1 Å². The Morgan fingerprint density at radius 3 is 2.67 bits per heavy atom. The molecule has 0 saturated carbocycles. The molecule has 30 heavy (non-hydrogen) atoms. The largest absolute Gasteiger partial charge is 0.491 e. The van der Waals surface area contributed by atoms with Crippen molar-refractivity contribution in [1.29, 1.82) is 0 Å². The maximum absolute atomic E-state index is 13.1. The van der Waals surface area contributed by atoms with Gasteiger partial charge < -0.3 is 14.7 Å². The van der Waals surface area contributed by atoms with E-state index in [0.29, 0.717) is 24.4 Å². The molecule has 4 rings (SSSR count). The molecule has 0 unspecified atom stereocenters. The van der Waals surface area contributed by atoms with Gasteiger partial charge in [-0.15, -0.1) is 5.10 Å². The molecule has 0 bridgehead atoms. The zero-order chi connectivity index (χ0) is 20.9. The maximum atomic E-state index is 13.1. The van der Waals surface area contributed by atoms with Gasteiger partial charge in [0.1, 0.15) is 30.6 Å². The molecule has 1 saturated heterocycles. The minimum atomic E-state index is -0.761. The van der Waals surface area contributed by atoms with Gasteiger partial charge in [-0.2, -0.15) is 0 Å². The highest BCUT2D eigenvalue weighted by Gasteiger charge is 2.28. The zero-order valence-electron chi connectivity index (χ0n) is 16.3. The van der Waals surface area contributed by atoms with Crippen LogP contribution < -0.4 is 4.74 Å². The van der Waals surface area contributed by atoms with Gasteiger partial charge in [0, 0.05) is 24.6 Å². The fourth-order valence-electron chi connectivity index (χ4n) is 3.55. The Morgan fingerprint density at radius 2 is 1.97 bits per heavy atom. The second-order valence-corrected chi connectivity index (χ2v) is 7.31. The minimum Gasteiger partial charge on any atom is -0.491 e. The third-order valence-electron chi connectivity index (χ3n) is 5.15. The summed E-state index contributed by atoms with van der Waals surface area (Å²) in [6.45, 7) is 1.60. The summed E-state index contributed by atoms with van der Waals surface area (Å²) in [6.07, 6.45) is 1.52. The Hall–Kier alpha value is -3.33. The highest BCUT2D eigenvalue weighted by molar-refractivity contribution is 5.94. The topological polar surface area (TPSA) is 93.4 Å². The molecule has 0 spiro atoms. The number of hydrogen-bond donors (Lipinski definition) is 1. The van der Waals surface area contributed by atoms with Gasteiger partial charge in [0.05, 0.1) is 6.54 Å². The van der Waals surface area contributed by atoms with Crippen LogP contribution in [0, 0.1) is 5.82 Å². The zero-order valence-corrected chi connectivity index (χ0v) is 16.3. The van der Waals surface area contributed by atoms with Crippen LogP contribution >= 0.6 is 0 Å². The van der Waals surface area contributed by atoms with Crippen LogP contribution in [0.2, 0.25) is 0 Å². The van der Waals surface area contributed by atoms with Crippen molar-refractivity contribution in [2.45, 2.75) is 25.0 Å². The van der Waals surface area contributed by atoms with Gasteiger partial charge in [0.15, 0.2) is 0 Å². The molecule has 0 aliphatic carbocycles. The van der Waals surface area contributed by atoms with Crippen LogP contribution in [0.25, 0.3) is 0 Å². The molecule has 1 aliphatic heterocycles. The van der Waals surface area contributed by atoms with Crippen molar-refractivity contribution in [2.75, 3.05) is 19.7 Å². The van der Waals surface area contributed by atoms with Crippen LogP contribution in [0.15, 0.2) is 54.9 Å². The van der Waals surface area contributed by atoms with Gasteiger partial charge >= 0.3 is 0 Å². The number of carbonyl (C=O) groups is 1. The molecule has 1 aromatic heterocycles. The average Bonchev–Trinajstić information content (AvgIpc) is 3.45. The number of amides is 1. The number of aromatic nitrogens is 4. The van der Waals surface area contributed by atoms with E-state index in [1.165, 1.54) is 23.1 Å². The number of likely N-dealkylation sites (tertiary alicyclic amines) is 1. The first-order chi connectivity index (χ1) is 14.6. The summed E-state index contributed by atoms with van der Waals surface area (Å²) >= 11 is 0. The van der Waals surface area contributed by atoms with Gasteiger partial charge in [0.2, 0.25) is 0 Å². The predicted octanol–water partition coefficient (Wildman–Crippen LogP) is 1.88.